The van der Waals surface area contributed by atoms with Crippen molar-refractivity contribution >= 4 is 0 Å². The Morgan fingerprint density at radius 3 is 1.36 bits per heavy atom. The zero-order chi connectivity index (χ0) is 16.1. The molecule has 0 fully saturated rings. The molecule has 0 aromatic heterocycles. The first-order valence-corrected chi connectivity index (χ1v) is 7.08. The lowest BCUT2D eigenvalue weighted by Crippen LogP contribution is -2.02. The van der Waals surface area contributed by atoms with Gasteiger partial charge in [0.05, 0.1) is 28.4 Å². The van der Waals surface area contributed by atoms with Gasteiger partial charge in [-0.15, -0.1) is 0 Å². The number of ether oxygens (including phenoxy) is 4. The van der Waals surface area contributed by atoms with Gasteiger partial charge in [0.15, 0.2) is 0 Å². The monoisotopic (exact) mass is 302 g/mol. The molecule has 2 aromatic rings. The lowest BCUT2D eigenvalue weighted by atomic mass is 9.91. The molecule has 0 N–H and O–H groups in total. The second kappa shape index (κ2) is 7.07. The molecule has 4 nitrogen and oxygen atoms in total. The predicted molar refractivity (Wildman–Crippen MR) is 86.6 cm³/mol. The molecule has 0 spiro atoms. The molecule has 4 heteroatoms. The van der Waals surface area contributed by atoms with E-state index in [0.717, 1.165) is 34.1 Å². The highest BCUT2D eigenvalue weighted by molar-refractivity contribution is 5.51. The van der Waals surface area contributed by atoms with Crippen molar-refractivity contribution in [2.24, 2.45) is 0 Å². The lowest BCUT2D eigenvalue weighted by Gasteiger charge is -2.19. The minimum atomic E-state index is 0.113. The third-order valence-electron chi connectivity index (χ3n) is 3.81. The van der Waals surface area contributed by atoms with E-state index in [0.29, 0.717) is 0 Å². The summed E-state index contributed by atoms with van der Waals surface area (Å²) in [7, 11) is 6.61. The summed E-state index contributed by atoms with van der Waals surface area (Å²) in [5.74, 6) is 3.25. The van der Waals surface area contributed by atoms with Gasteiger partial charge in [-0.3, -0.25) is 0 Å². The smallest absolute Gasteiger partial charge is 0.126 e. The topological polar surface area (TPSA) is 36.9 Å². The van der Waals surface area contributed by atoms with Crippen LogP contribution in [0.3, 0.4) is 0 Å². The molecule has 2 rings (SSSR count). The summed E-state index contributed by atoms with van der Waals surface area (Å²) < 4.78 is 21.5. The van der Waals surface area contributed by atoms with E-state index in [1.807, 2.05) is 36.4 Å². The predicted octanol–water partition coefficient (Wildman–Crippen LogP) is 3.87. The van der Waals surface area contributed by atoms with Gasteiger partial charge >= 0.3 is 0 Å². The Morgan fingerprint density at radius 1 is 0.636 bits per heavy atom. The second-order valence-electron chi connectivity index (χ2n) is 4.94. The van der Waals surface area contributed by atoms with Crippen molar-refractivity contribution in [1.82, 2.24) is 0 Å². The van der Waals surface area contributed by atoms with E-state index in [2.05, 4.69) is 6.92 Å². The van der Waals surface area contributed by atoms with E-state index in [4.69, 9.17) is 18.9 Å². The van der Waals surface area contributed by atoms with Crippen LogP contribution in [0.25, 0.3) is 0 Å². The van der Waals surface area contributed by atoms with Crippen molar-refractivity contribution in [1.29, 1.82) is 0 Å². The van der Waals surface area contributed by atoms with E-state index in [-0.39, 0.29) is 5.92 Å². The summed E-state index contributed by atoms with van der Waals surface area (Å²) >= 11 is 0. The van der Waals surface area contributed by atoms with Crippen LogP contribution >= 0.6 is 0 Å². The van der Waals surface area contributed by atoms with Gasteiger partial charge < -0.3 is 18.9 Å². The summed E-state index contributed by atoms with van der Waals surface area (Å²) in [5.41, 5.74) is 2.15. The Balaban J connectivity index is 2.45. The first kappa shape index (κ1) is 16.0. The van der Waals surface area contributed by atoms with E-state index < -0.39 is 0 Å². The van der Waals surface area contributed by atoms with Crippen LogP contribution in [0.4, 0.5) is 0 Å². The fraction of sp³-hybridized carbons (Fsp3) is 0.333. The molecule has 118 valence electrons. The van der Waals surface area contributed by atoms with Gasteiger partial charge in [-0.2, -0.15) is 0 Å². The zero-order valence-electron chi connectivity index (χ0n) is 13.7. The molecule has 0 aliphatic rings. The highest BCUT2D eigenvalue weighted by atomic mass is 16.5. The van der Waals surface area contributed by atoms with Gasteiger partial charge in [0.1, 0.15) is 23.0 Å². The zero-order valence-corrected chi connectivity index (χ0v) is 13.7. The molecule has 0 heterocycles. The number of hydrogen-bond donors (Lipinski definition) is 0. The SMILES string of the molecule is COc1ccc(C(C)c2ccc(OC)cc2OC)c(OC)c1. The summed E-state index contributed by atoms with van der Waals surface area (Å²) in [6, 6.07) is 11.7. The van der Waals surface area contributed by atoms with Crippen molar-refractivity contribution < 1.29 is 18.9 Å². The molecule has 0 unspecified atom stereocenters. The molecule has 0 saturated heterocycles. The molecule has 2 aromatic carbocycles. The van der Waals surface area contributed by atoms with Crippen LogP contribution in [0, 0.1) is 0 Å². The maximum Gasteiger partial charge on any atom is 0.126 e. The van der Waals surface area contributed by atoms with E-state index in [1.165, 1.54) is 0 Å². The first-order valence-electron chi connectivity index (χ1n) is 7.08. The van der Waals surface area contributed by atoms with Crippen LogP contribution in [0.15, 0.2) is 36.4 Å². The fourth-order valence-electron chi connectivity index (χ4n) is 2.52. The summed E-state index contributed by atoms with van der Waals surface area (Å²) in [6.07, 6.45) is 0. The fourth-order valence-corrected chi connectivity index (χ4v) is 2.52. The highest BCUT2D eigenvalue weighted by Crippen LogP contribution is 2.38. The molecular weight excluding hydrogens is 280 g/mol. The highest BCUT2D eigenvalue weighted by Gasteiger charge is 2.18. The van der Waals surface area contributed by atoms with E-state index in [9.17, 15) is 0 Å². The molecule has 0 radical (unpaired) electrons. The Morgan fingerprint density at radius 2 is 1.05 bits per heavy atom. The van der Waals surface area contributed by atoms with Crippen LogP contribution in [-0.4, -0.2) is 28.4 Å². The van der Waals surface area contributed by atoms with Gasteiger partial charge in [-0.25, -0.2) is 0 Å². The minimum absolute atomic E-state index is 0.113. The van der Waals surface area contributed by atoms with E-state index >= 15 is 0 Å². The van der Waals surface area contributed by atoms with Crippen LogP contribution in [0.1, 0.15) is 24.0 Å². The van der Waals surface area contributed by atoms with Crippen molar-refractivity contribution in [3.05, 3.63) is 47.5 Å². The third kappa shape index (κ3) is 3.11. The molecule has 22 heavy (non-hydrogen) atoms. The minimum Gasteiger partial charge on any atom is -0.497 e. The Kier molecular flexibility index (Phi) is 5.15. The van der Waals surface area contributed by atoms with Gasteiger partial charge in [-0.1, -0.05) is 19.1 Å². The molecular formula is C18H22O4. The number of hydrogen-bond acceptors (Lipinski definition) is 4. The Bertz CT molecular complexity index is 581. The van der Waals surface area contributed by atoms with Crippen molar-refractivity contribution in [2.75, 3.05) is 28.4 Å². The number of methoxy groups -OCH3 is 4. The van der Waals surface area contributed by atoms with Gasteiger partial charge in [0.25, 0.3) is 0 Å². The van der Waals surface area contributed by atoms with Crippen molar-refractivity contribution in [2.45, 2.75) is 12.8 Å². The summed E-state index contributed by atoms with van der Waals surface area (Å²) in [5, 5.41) is 0. The molecule has 0 amide bonds. The van der Waals surface area contributed by atoms with Crippen LogP contribution in [0.2, 0.25) is 0 Å². The maximum absolute atomic E-state index is 5.50. The van der Waals surface area contributed by atoms with Crippen LogP contribution in [-0.2, 0) is 0 Å². The maximum atomic E-state index is 5.50. The second-order valence-corrected chi connectivity index (χ2v) is 4.94. The Labute approximate surface area is 131 Å². The van der Waals surface area contributed by atoms with Gasteiger partial charge in [-0.05, 0) is 12.1 Å². The molecule has 0 bridgehead atoms. The lowest BCUT2D eigenvalue weighted by molar-refractivity contribution is 0.385. The quantitative estimate of drug-likeness (QED) is 0.811. The van der Waals surface area contributed by atoms with Crippen molar-refractivity contribution in [3.8, 4) is 23.0 Å². The molecule has 0 atom stereocenters. The third-order valence-corrected chi connectivity index (χ3v) is 3.81. The van der Waals surface area contributed by atoms with Crippen LogP contribution < -0.4 is 18.9 Å². The van der Waals surface area contributed by atoms with E-state index in [1.54, 1.807) is 28.4 Å². The number of benzene rings is 2. The van der Waals surface area contributed by atoms with Gasteiger partial charge in [0, 0.05) is 29.2 Å². The van der Waals surface area contributed by atoms with Gasteiger partial charge in [0.2, 0.25) is 0 Å². The largest absolute Gasteiger partial charge is 0.497 e. The Hall–Kier alpha value is -2.36. The average Bonchev–Trinajstić information content (AvgIpc) is 2.59. The van der Waals surface area contributed by atoms with Crippen LogP contribution in [0.5, 0.6) is 23.0 Å². The number of rotatable bonds is 6. The summed E-state index contributed by atoms with van der Waals surface area (Å²) in [6.45, 7) is 2.12. The van der Waals surface area contributed by atoms with Crippen molar-refractivity contribution in [3.63, 3.8) is 0 Å². The normalized spacial score (nSPS) is 10.5. The first-order chi connectivity index (χ1) is 10.6. The summed E-state index contributed by atoms with van der Waals surface area (Å²) in [4.78, 5) is 0. The average molecular weight is 302 g/mol. The molecule has 0 aliphatic carbocycles. The standard InChI is InChI=1S/C18H22O4/c1-12(15-8-6-13(19-2)10-17(15)21-4)16-9-7-14(20-3)11-18(16)22-5/h6-12H,1-5H3. The molecule has 0 aliphatic heterocycles. The molecule has 0 saturated carbocycles.